The zero-order valence-corrected chi connectivity index (χ0v) is 14.2. The molecule has 2 rings (SSSR count). The average molecular weight is 340 g/mol. The van der Waals surface area contributed by atoms with E-state index in [-0.39, 0.29) is 6.61 Å². The Balaban J connectivity index is 1.92. The molecule has 130 valence electrons. The van der Waals surface area contributed by atoms with E-state index >= 15 is 0 Å². The minimum absolute atomic E-state index is 0.140. The van der Waals surface area contributed by atoms with E-state index in [1.165, 1.54) is 13.2 Å². The van der Waals surface area contributed by atoms with Crippen molar-refractivity contribution in [3.05, 3.63) is 71.3 Å². The minimum Gasteiger partial charge on any atom is -0.493 e. The quantitative estimate of drug-likeness (QED) is 0.569. The van der Waals surface area contributed by atoms with Crippen molar-refractivity contribution in [2.24, 2.45) is 0 Å². The molecule has 2 aromatic rings. The van der Waals surface area contributed by atoms with Crippen molar-refractivity contribution in [1.29, 1.82) is 0 Å². The second-order valence-electron chi connectivity index (χ2n) is 5.10. The molecule has 0 saturated carbocycles. The Labute approximate surface area is 146 Å². The lowest BCUT2D eigenvalue weighted by atomic mass is 10.1. The van der Waals surface area contributed by atoms with Crippen LogP contribution in [0.1, 0.15) is 28.4 Å². The van der Waals surface area contributed by atoms with Crippen LogP contribution >= 0.6 is 0 Å². The predicted octanol–water partition coefficient (Wildman–Crippen LogP) is 3.63. The first-order valence-corrected chi connectivity index (χ1v) is 7.88. The molecule has 0 aliphatic carbocycles. The third-order valence-corrected chi connectivity index (χ3v) is 3.39. The molecule has 0 bridgehead atoms. The van der Waals surface area contributed by atoms with Crippen molar-refractivity contribution in [3.8, 4) is 5.75 Å². The SMILES string of the molecule is CCOc1ccccc1COC(=O)/C=C/c1ccc(C(=O)OC)cc1. The predicted molar refractivity (Wildman–Crippen MR) is 94.2 cm³/mol. The normalized spacial score (nSPS) is 10.5. The summed E-state index contributed by atoms with van der Waals surface area (Å²) in [6.07, 6.45) is 2.97. The van der Waals surface area contributed by atoms with Crippen molar-refractivity contribution in [3.63, 3.8) is 0 Å². The van der Waals surface area contributed by atoms with E-state index in [0.29, 0.717) is 17.9 Å². The summed E-state index contributed by atoms with van der Waals surface area (Å²) in [7, 11) is 1.33. The van der Waals surface area contributed by atoms with Gasteiger partial charge in [0.1, 0.15) is 12.4 Å². The number of carbonyl (C=O) groups is 2. The summed E-state index contributed by atoms with van der Waals surface area (Å²) in [5.74, 6) is -0.147. The molecular weight excluding hydrogens is 320 g/mol. The summed E-state index contributed by atoms with van der Waals surface area (Å²) in [4.78, 5) is 23.2. The van der Waals surface area contributed by atoms with Crippen molar-refractivity contribution in [2.75, 3.05) is 13.7 Å². The lowest BCUT2D eigenvalue weighted by Gasteiger charge is -2.09. The standard InChI is InChI=1S/C20H20O5/c1-3-24-18-7-5-4-6-17(18)14-25-19(21)13-10-15-8-11-16(12-9-15)20(22)23-2/h4-13H,3,14H2,1-2H3/b13-10+. The number of esters is 2. The zero-order chi connectivity index (χ0) is 18.1. The third-order valence-electron chi connectivity index (χ3n) is 3.39. The van der Waals surface area contributed by atoms with Crippen molar-refractivity contribution in [2.45, 2.75) is 13.5 Å². The molecule has 0 aromatic heterocycles. The average Bonchev–Trinajstić information content (AvgIpc) is 2.65. The topological polar surface area (TPSA) is 61.8 Å². The molecular formula is C20H20O5. The van der Waals surface area contributed by atoms with Crippen LogP contribution in [-0.2, 0) is 20.9 Å². The number of rotatable bonds is 7. The molecule has 5 nitrogen and oxygen atoms in total. The summed E-state index contributed by atoms with van der Waals surface area (Å²) in [6, 6.07) is 14.1. The molecule has 0 fully saturated rings. The molecule has 0 atom stereocenters. The van der Waals surface area contributed by atoms with E-state index in [9.17, 15) is 9.59 Å². The Morgan fingerprint density at radius 2 is 1.76 bits per heavy atom. The highest BCUT2D eigenvalue weighted by molar-refractivity contribution is 5.90. The number of hydrogen-bond acceptors (Lipinski definition) is 5. The van der Waals surface area contributed by atoms with Crippen LogP contribution in [0.4, 0.5) is 0 Å². The number of ether oxygens (including phenoxy) is 3. The number of methoxy groups -OCH3 is 1. The van der Waals surface area contributed by atoms with Gasteiger partial charge in [0.05, 0.1) is 19.3 Å². The van der Waals surface area contributed by atoms with Gasteiger partial charge in [0.25, 0.3) is 0 Å². The highest BCUT2D eigenvalue weighted by atomic mass is 16.5. The van der Waals surface area contributed by atoms with Gasteiger partial charge in [-0.25, -0.2) is 9.59 Å². The molecule has 2 aromatic carbocycles. The Morgan fingerprint density at radius 3 is 2.44 bits per heavy atom. The molecule has 0 aliphatic rings. The Hall–Kier alpha value is -3.08. The summed E-state index contributed by atoms with van der Waals surface area (Å²) in [5, 5.41) is 0. The smallest absolute Gasteiger partial charge is 0.337 e. The summed E-state index contributed by atoms with van der Waals surface area (Å²) in [5.41, 5.74) is 2.04. The van der Waals surface area contributed by atoms with Crippen molar-refractivity contribution < 1.29 is 23.8 Å². The van der Waals surface area contributed by atoms with Crippen molar-refractivity contribution in [1.82, 2.24) is 0 Å². The minimum atomic E-state index is -0.455. The van der Waals surface area contributed by atoms with Gasteiger partial charge in [0.2, 0.25) is 0 Å². The van der Waals surface area contributed by atoms with Crippen LogP contribution < -0.4 is 4.74 Å². The molecule has 0 amide bonds. The first kappa shape index (κ1) is 18.3. The maximum Gasteiger partial charge on any atom is 0.337 e. The highest BCUT2D eigenvalue weighted by Gasteiger charge is 2.06. The monoisotopic (exact) mass is 340 g/mol. The largest absolute Gasteiger partial charge is 0.493 e. The van der Waals surface area contributed by atoms with Gasteiger partial charge in [-0.05, 0) is 36.8 Å². The van der Waals surface area contributed by atoms with Crippen LogP contribution in [0, 0.1) is 0 Å². The van der Waals surface area contributed by atoms with Crippen LogP contribution in [0.2, 0.25) is 0 Å². The fourth-order valence-electron chi connectivity index (χ4n) is 2.13. The van der Waals surface area contributed by atoms with Gasteiger partial charge >= 0.3 is 11.9 Å². The first-order chi connectivity index (χ1) is 12.1. The fourth-order valence-corrected chi connectivity index (χ4v) is 2.13. The maximum absolute atomic E-state index is 11.9. The zero-order valence-electron chi connectivity index (χ0n) is 14.2. The van der Waals surface area contributed by atoms with Gasteiger partial charge in [-0.3, -0.25) is 0 Å². The number of benzene rings is 2. The van der Waals surface area contributed by atoms with E-state index in [4.69, 9.17) is 9.47 Å². The molecule has 0 aliphatic heterocycles. The molecule has 0 spiro atoms. The maximum atomic E-state index is 11.9. The van der Waals surface area contributed by atoms with E-state index in [0.717, 1.165) is 11.1 Å². The van der Waals surface area contributed by atoms with E-state index in [1.807, 2.05) is 31.2 Å². The van der Waals surface area contributed by atoms with Crippen LogP contribution in [0.25, 0.3) is 6.08 Å². The lowest BCUT2D eigenvalue weighted by molar-refractivity contribution is -0.138. The van der Waals surface area contributed by atoms with Crippen LogP contribution in [-0.4, -0.2) is 25.7 Å². The number of carbonyl (C=O) groups excluding carboxylic acids is 2. The van der Waals surface area contributed by atoms with Crippen LogP contribution in [0.5, 0.6) is 5.75 Å². The summed E-state index contributed by atoms with van der Waals surface area (Å²) >= 11 is 0. The van der Waals surface area contributed by atoms with Gasteiger partial charge in [0.15, 0.2) is 0 Å². The van der Waals surface area contributed by atoms with Crippen molar-refractivity contribution >= 4 is 18.0 Å². The fraction of sp³-hybridized carbons (Fsp3) is 0.200. The molecule has 0 N–H and O–H groups in total. The van der Waals surface area contributed by atoms with Gasteiger partial charge < -0.3 is 14.2 Å². The molecule has 25 heavy (non-hydrogen) atoms. The molecule has 0 unspecified atom stereocenters. The van der Waals surface area contributed by atoms with Gasteiger partial charge in [-0.15, -0.1) is 0 Å². The Bertz CT molecular complexity index is 747. The van der Waals surface area contributed by atoms with E-state index in [2.05, 4.69) is 4.74 Å². The summed E-state index contributed by atoms with van der Waals surface area (Å²) in [6.45, 7) is 2.59. The van der Waals surface area contributed by atoms with E-state index in [1.54, 1.807) is 30.3 Å². The third kappa shape index (κ3) is 5.49. The Kier molecular flexibility index (Phi) is 6.77. The van der Waals surface area contributed by atoms with Gasteiger partial charge in [-0.2, -0.15) is 0 Å². The second-order valence-corrected chi connectivity index (χ2v) is 5.10. The first-order valence-electron chi connectivity index (χ1n) is 7.88. The number of hydrogen-bond donors (Lipinski definition) is 0. The molecule has 0 radical (unpaired) electrons. The number of para-hydroxylation sites is 1. The van der Waals surface area contributed by atoms with Gasteiger partial charge in [-0.1, -0.05) is 30.3 Å². The second kappa shape index (κ2) is 9.27. The molecule has 5 heteroatoms. The van der Waals surface area contributed by atoms with Gasteiger partial charge in [0, 0.05) is 11.6 Å². The molecule has 0 saturated heterocycles. The Morgan fingerprint density at radius 1 is 1.04 bits per heavy atom. The van der Waals surface area contributed by atoms with Crippen LogP contribution in [0.15, 0.2) is 54.6 Å². The highest BCUT2D eigenvalue weighted by Crippen LogP contribution is 2.19. The lowest BCUT2D eigenvalue weighted by Crippen LogP contribution is -2.03. The van der Waals surface area contributed by atoms with E-state index < -0.39 is 11.9 Å². The van der Waals surface area contributed by atoms with Crippen LogP contribution in [0.3, 0.4) is 0 Å². The molecule has 0 heterocycles. The summed E-state index contributed by atoms with van der Waals surface area (Å²) < 4.78 is 15.4.